The molecule has 1 nitrogen and oxygen atoms in total. The van der Waals surface area contributed by atoms with E-state index in [2.05, 4.69) is 32.0 Å². The Morgan fingerprint density at radius 1 is 0.952 bits per heavy atom. The van der Waals surface area contributed by atoms with E-state index in [4.69, 9.17) is 0 Å². The number of hydrogen-bond donors (Lipinski definition) is 0. The second kappa shape index (κ2) is 0.754. The molecular weight excluding hydrogens is 300 g/mol. The quantitative estimate of drug-likeness (QED) is 0.572. The van der Waals surface area contributed by atoms with E-state index in [0.717, 1.165) is 19.3 Å². The Bertz CT molecular complexity index is 1330. The normalized spacial score (nSPS) is 102. The summed E-state index contributed by atoms with van der Waals surface area (Å²) in [6.45, 7) is 1.08. The maximum atomic E-state index is 12.3. The topological polar surface area (TPSA) is 17.1 Å². The Kier molecular flexibility index (Phi) is 0.298. The number of hydrogen-bond acceptors (Lipinski definition) is 1. The zero-order valence-corrected chi connectivity index (χ0v) is 13.3. The average Bonchev–Trinajstić information content (AvgIpc) is 3.43. The minimum absolute atomic E-state index is 0.410. The molecule has 21 heavy (non-hydrogen) atoms. The van der Waals surface area contributed by atoms with Crippen molar-refractivity contribution >= 4 is 6.29 Å². The molecule has 0 bridgehead atoms. The molecule has 10 aliphatic heterocycles. The van der Waals surface area contributed by atoms with Crippen LogP contribution in [0.1, 0.15) is 16.7 Å². The Morgan fingerprint density at radius 2 is 1.57 bits per heavy atom. The van der Waals surface area contributed by atoms with Crippen LogP contribution in [0.4, 0.5) is 0 Å². The van der Waals surface area contributed by atoms with Crippen LogP contribution in [0, 0.1) is 13.8 Å². The molecule has 2 heteroatoms. The molecular formula is C19H18FeO. The summed E-state index contributed by atoms with van der Waals surface area (Å²) in [5.74, 6) is 0. The molecule has 1 spiro atoms. The third-order valence-corrected chi connectivity index (χ3v) is 59.9. The summed E-state index contributed by atoms with van der Waals surface area (Å²) in [4.78, 5) is 21.6. The molecule has 0 amide bonds. The molecule has 11 rings (SSSR count). The predicted octanol–water partition coefficient (Wildman–Crippen LogP) is 4.67. The first kappa shape index (κ1) is 8.31. The van der Waals surface area contributed by atoms with Crippen LogP contribution >= 0.6 is 0 Å². The monoisotopic (exact) mass is 318 g/mol. The van der Waals surface area contributed by atoms with Gasteiger partial charge in [-0.15, -0.1) is 0 Å². The van der Waals surface area contributed by atoms with Crippen molar-refractivity contribution in [1.29, 1.82) is 0 Å². The van der Waals surface area contributed by atoms with Crippen LogP contribution in [0.15, 0.2) is 18.2 Å². The number of carbonyl (C=O) groups is 1. The van der Waals surface area contributed by atoms with Gasteiger partial charge in [-0.3, -0.25) is 0 Å². The van der Waals surface area contributed by atoms with Crippen molar-refractivity contribution in [3.05, 3.63) is 34.9 Å². The van der Waals surface area contributed by atoms with Crippen molar-refractivity contribution in [3.8, 4) is 0 Å². The van der Waals surface area contributed by atoms with Gasteiger partial charge in [0.1, 0.15) is 0 Å². The summed E-state index contributed by atoms with van der Waals surface area (Å²) in [5, 5.41) is 0. The molecule has 10 fully saturated rings. The fourth-order valence-electron chi connectivity index (χ4n) is 18.8. The van der Waals surface area contributed by atoms with Gasteiger partial charge in [0.15, 0.2) is 0 Å². The standard InChI is InChI=1S/C13H13.C6H5O.Fe/c1-10-7-8-13(9-11(10)2)12-5-3-4-6-12;7-5-6-3-1-2-4-6;/h3-9H,1-2H3;1-5H;. The van der Waals surface area contributed by atoms with Crippen molar-refractivity contribution in [1.82, 2.24) is 0 Å². The fraction of sp³-hybridized carbons (Fsp3) is 0.632. The van der Waals surface area contributed by atoms with Crippen LogP contribution in [-0.4, -0.2) is 6.29 Å². The third-order valence-electron chi connectivity index (χ3n) is 17.1. The summed E-state index contributed by atoms with van der Waals surface area (Å²) in [5.41, 5.74) is 4.68. The van der Waals surface area contributed by atoms with Gasteiger partial charge in [-0.25, -0.2) is 0 Å². The molecule has 8 unspecified atom stereocenters. The molecule has 1 aromatic carbocycles. The molecule has 0 aromatic heterocycles. The van der Waals surface area contributed by atoms with E-state index in [-0.39, 0.29) is 0 Å². The Hall–Kier alpha value is -0.591. The molecule has 8 atom stereocenters. The molecule has 10 saturated heterocycles. The van der Waals surface area contributed by atoms with E-state index in [0.29, 0.717) is 8.63 Å². The number of aldehydes is 1. The number of aryl methyl sites for hydroxylation is 2. The predicted molar refractivity (Wildman–Crippen MR) is 76.4 cm³/mol. The molecule has 108 valence electrons. The Balaban J connectivity index is 1.48. The van der Waals surface area contributed by atoms with Crippen LogP contribution in [0.2, 0.25) is 42.8 Å². The molecule has 0 radical (unpaired) electrons. The number of fused-ring (bicyclic) bond motifs is 10. The van der Waals surface area contributed by atoms with Gasteiger partial charge >= 0.3 is 113 Å². The van der Waals surface area contributed by atoms with Gasteiger partial charge < -0.3 is 0 Å². The van der Waals surface area contributed by atoms with Crippen LogP contribution in [0.5, 0.6) is 0 Å². The molecule has 10 heterocycles. The SMILES string of the molecule is Cc1ccc([C]23[CH]4[CH]5[CH]6[CH]2[Fe]56432789[CH]3[CH]2[CH]7[C]8(C=O)[CH]39)cc1C. The van der Waals surface area contributed by atoms with Gasteiger partial charge in [0.05, 0.1) is 0 Å². The summed E-state index contributed by atoms with van der Waals surface area (Å²) >= 11 is 0. The minimum atomic E-state index is -3.46. The van der Waals surface area contributed by atoms with Crippen LogP contribution < -0.4 is 0 Å². The van der Waals surface area contributed by atoms with Gasteiger partial charge in [-0.05, 0) is 0 Å². The van der Waals surface area contributed by atoms with Crippen LogP contribution in [0.25, 0.3) is 0 Å². The first-order valence-corrected chi connectivity index (χ1v) is 14.9. The van der Waals surface area contributed by atoms with Crippen LogP contribution in [-0.2, 0) is 15.6 Å². The summed E-state index contributed by atoms with van der Waals surface area (Å²) in [6, 6.07) is 7.45. The molecule has 10 aliphatic rings. The first-order chi connectivity index (χ1) is 9.90. The van der Waals surface area contributed by atoms with E-state index in [1.807, 2.05) is 0 Å². The van der Waals surface area contributed by atoms with Crippen molar-refractivity contribution in [2.45, 2.75) is 61.0 Å². The number of rotatable bonds is 2. The van der Waals surface area contributed by atoms with Gasteiger partial charge in [-0.1, -0.05) is 0 Å². The van der Waals surface area contributed by atoms with Crippen molar-refractivity contribution in [2.24, 2.45) is 0 Å². The number of carbonyl (C=O) groups excluding carboxylic acids is 1. The van der Waals surface area contributed by atoms with Gasteiger partial charge in [0, 0.05) is 0 Å². The van der Waals surface area contributed by atoms with E-state index in [1.54, 1.807) is 11.8 Å². The maximum absolute atomic E-state index is 12.3. The van der Waals surface area contributed by atoms with E-state index in [9.17, 15) is 4.79 Å². The van der Waals surface area contributed by atoms with Crippen LogP contribution in [0.3, 0.4) is 0 Å². The van der Waals surface area contributed by atoms with Gasteiger partial charge in [0.2, 0.25) is 0 Å². The zero-order valence-electron chi connectivity index (χ0n) is 12.2. The molecule has 0 N–H and O–H groups in total. The average molecular weight is 318 g/mol. The molecule has 1 aromatic rings. The first-order valence-electron chi connectivity index (χ1n) is 8.65. The second-order valence-corrected chi connectivity index (χ2v) is 35.5. The Labute approximate surface area is 113 Å². The second-order valence-electron chi connectivity index (χ2n) is 12.3. The zero-order chi connectivity index (χ0) is 13.5. The van der Waals surface area contributed by atoms with E-state index in [1.165, 1.54) is 30.4 Å². The third kappa shape index (κ3) is 0.0961. The summed E-state index contributed by atoms with van der Waals surface area (Å²) in [7, 11) is 0. The van der Waals surface area contributed by atoms with Crippen molar-refractivity contribution < 1.29 is 11.3 Å². The fourth-order valence-corrected chi connectivity index (χ4v) is 94.2. The molecule has 0 saturated carbocycles. The van der Waals surface area contributed by atoms with E-state index >= 15 is 0 Å². The Morgan fingerprint density at radius 3 is 2.00 bits per heavy atom. The van der Waals surface area contributed by atoms with Crippen molar-refractivity contribution in [2.75, 3.05) is 0 Å². The van der Waals surface area contributed by atoms with Gasteiger partial charge in [-0.2, -0.15) is 0 Å². The van der Waals surface area contributed by atoms with Crippen molar-refractivity contribution in [3.63, 3.8) is 0 Å². The van der Waals surface area contributed by atoms with Gasteiger partial charge in [0.25, 0.3) is 0 Å². The summed E-state index contributed by atoms with van der Waals surface area (Å²) in [6.07, 6.45) is 1.60. The summed E-state index contributed by atoms with van der Waals surface area (Å²) < 4.78 is 1.11. The van der Waals surface area contributed by atoms with E-state index < -0.39 is 6.51 Å². The number of benzene rings is 1. The molecule has 0 aliphatic carbocycles.